The third-order valence-electron chi connectivity index (χ3n) is 7.32. The number of nitrogens with one attached hydrogen (secondary N) is 1. The number of amides is 2. The minimum Gasteiger partial charge on any atom is -0.480 e. The number of carbonyl (C=O) groups excluding carboxylic acids is 3. The molecule has 0 bridgehead atoms. The van der Waals surface area contributed by atoms with Crippen LogP contribution in [0, 0.1) is 0 Å². The molecule has 2 amide bonds. The van der Waals surface area contributed by atoms with Crippen LogP contribution in [0.5, 0.6) is 0 Å². The maximum atomic E-state index is 12.7. The number of fused-ring (bicyclic) bond motifs is 3. The predicted molar refractivity (Wildman–Crippen MR) is 152 cm³/mol. The fraction of sp³-hybridized carbons (Fsp3) is 0.484. The number of carbonyl (C=O) groups is 4. The summed E-state index contributed by atoms with van der Waals surface area (Å²) in [6, 6.07) is 14.8. The van der Waals surface area contributed by atoms with Crippen molar-refractivity contribution in [3.63, 3.8) is 0 Å². The van der Waals surface area contributed by atoms with E-state index in [1.807, 2.05) is 74.2 Å². The molecule has 2 N–H and O–H groups in total. The van der Waals surface area contributed by atoms with Crippen LogP contribution in [0.4, 0.5) is 4.79 Å². The number of nitrogens with zero attached hydrogens (tertiary/aromatic N) is 2. The first kappa shape index (κ1) is 30.0. The molecule has 220 valence electrons. The predicted octanol–water partition coefficient (Wildman–Crippen LogP) is 3.63. The lowest BCUT2D eigenvalue weighted by Crippen LogP contribution is -2.50. The molecule has 0 radical (unpaired) electrons. The summed E-state index contributed by atoms with van der Waals surface area (Å²) >= 11 is 0. The van der Waals surface area contributed by atoms with E-state index in [4.69, 9.17) is 9.47 Å². The van der Waals surface area contributed by atoms with Crippen LogP contribution in [0.3, 0.4) is 0 Å². The quantitative estimate of drug-likeness (QED) is 0.419. The van der Waals surface area contributed by atoms with Gasteiger partial charge in [-0.05, 0) is 55.9 Å². The number of carboxylic acids is 1. The van der Waals surface area contributed by atoms with Crippen molar-refractivity contribution in [1.82, 2.24) is 15.1 Å². The van der Waals surface area contributed by atoms with Crippen LogP contribution >= 0.6 is 0 Å². The van der Waals surface area contributed by atoms with Gasteiger partial charge in [0.1, 0.15) is 18.2 Å². The van der Waals surface area contributed by atoms with Crippen molar-refractivity contribution in [2.45, 2.75) is 57.6 Å². The second-order valence-electron chi connectivity index (χ2n) is 11.5. The molecule has 1 fully saturated rings. The molecule has 41 heavy (non-hydrogen) atoms. The Morgan fingerprint density at radius 3 is 2.10 bits per heavy atom. The SMILES string of the molecule is CC(C)(C)OC(=O)CN1CCN(C(=O)CCCC(NC(=O)OCC2c3ccccc3-c3ccccc32)C(=O)O)CC1. The number of benzene rings is 2. The van der Waals surface area contributed by atoms with Crippen molar-refractivity contribution >= 4 is 23.9 Å². The van der Waals surface area contributed by atoms with Gasteiger partial charge in [0.25, 0.3) is 0 Å². The van der Waals surface area contributed by atoms with Crippen molar-refractivity contribution < 1.29 is 33.8 Å². The molecule has 10 nitrogen and oxygen atoms in total. The number of hydrogen-bond donors (Lipinski definition) is 2. The number of aliphatic carboxylic acids is 1. The minimum absolute atomic E-state index is 0.0767. The number of ether oxygens (including phenoxy) is 2. The second kappa shape index (κ2) is 13.2. The van der Waals surface area contributed by atoms with Gasteiger partial charge in [-0.2, -0.15) is 0 Å². The number of rotatable bonds is 10. The van der Waals surface area contributed by atoms with E-state index >= 15 is 0 Å². The summed E-state index contributed by atoms with van der Waals surface area (Å²) in [6.07, 6.45) is -0.226. The van der Waals surface area contributed by atoms with Gasteiger partial charge in [0.15, 0.2) is 0 Å². The zero-order chi connectivity index (χ0) is 29.6. The number of hydrogen-bond acceptors (Lipinski definition) is 7. The van der Waals surface area contributed by atoms with E-state index in [-0.39, 0.29) is 43.8 Å². The summed E-state index contributed by atoms with van der Waals surface area (Å²) in [4.78, 5) is 52.8. The molecular weight excluding hydrogens is 526 g/mol. The highest BCUT2D eigenvalue weighted by molar-refractivity contribution is 5.81. The molecule has 1 aliphatic heterocycles. The van der Waals surface area contributed by atoms with Crippen LogP contribution in [0.1, 0.15) is 57.1 Å². The molecule has 1 unspecified atom stereocenters. The number of piperazine rings is 1. The zero-order valence-electron chi connectivity index (χ0n) is 23.9. The molecule has 2 aromatic rings. The maximum Gasteiger partial charge on any atom is 0.407 e. The van der Waals surface area contributed by atoms with E-state index in [1.165, 1.54) is 0 Å². The van der Waals surface area contributed by atoms with E-state index in [1.54, 1.807) is 4.90 Å². The van der Waals surface area contributed by atoms with Crippen molar-refractivity contribution in [3.8, 4) is 11.1 Å². The van der Waals surface area contributed by atoms with Crippen molar-refractivity contribution in [2.24, 2.45) is 0 Å². The molecular formula is C31H39N3O7. The lowest BCUT2D eigenvalue weighted by atomic mass is 9.98. The Kier molecular flexibility index (Phi) is 9.65. The fourth-order valence-electron chi connectivity index (χ4n) is 5.37. The van der Waals surface area contributed by atoms with Gasteiger partial charge >= 0.3 is 18.0 Å². The topological polar surface area (TPSA) is 125 Å². The Morgan fingerprint density at radius 1 is 0.951 bits per heavy atom. The maximum absolute atomic E-state index is 12.7. The summed E-state index contributed by atoms with van der Waals surface area (Å²) in [5.74, 6) is -1.67. The average Bonchev–Trinajstić information content (AvgIpc) is 3.24. The van der Waals surface area contributed by atoms with E-state index in [0.29, 0.717) is 32.6 Å². The standard InChI is InChI=1S/C31H39N3O7/c1-31(2,3)41-28(36)19-33-15-17-34(18-16-33)27(35)14-8-13-26(29(37)38)32-30(39)40-20-25-23-11-6-4-9-21(23)22-10-5-7-12-24(22)25/h4-7,9-12,25-26H,8,13-20H2,1-3H3,(H,32,39)(H,37,38). The Hall–Kier alpha value is -3.92. The normalized spacial score (nSPS) is 15.9. The molecule has 10 heteroatoms. The average molecular weight is 566 g/mol. The molecule has 0 aromatic heterocycles. The molecule has 1 atom stereocenters. The van der Waals surface area contributed by atoms with Crippen molar-refractivity contribution in [1.29, 1.82) is 0 Å². The summed E-state index contributed by atoms with van der Waals surface area (Å²) in [5, 5.41) is 12.1. The third-order valence-corrected chi connectivity index (χ3v) is 7.32. The lowest BCUT2D eigenvalue weighted by Gasteiger charge is -2.34. The number of esters is 1. The lowest BCUT2D eigenvalue weighted by molar-refractivity contribution is -0.156. The Bertz CT molecular complexity index is 1220. The second-order valence-corrected chi connectivity index (χ2v) is 11.5. The van der Waals surface area contributed by atoms with E-state index in [0.717, 1.165) is 22.3 Å². The van der Waals surface area contributed by atoms with E-state index in [9.17, 15) is 24.3 Å². The Morgan fingerprint density at radius 2 is 1.54 bits per heavy atom. The Labute approximate surface area is 240 Å². The van der Waals surface area contributed by atoms with E-state index in [2.05, 4.69) is 5.32 Å². The van der Waals surface area contributed by atoms with Gasteiger partial charge < -0.3 is 24.8 Å². The van der Waals surface area contributed by atoms with Crippen LogP contribution in [-0.2, 0) is 23.9 Å². The first-order chi connectivity index (χ1) is 19.5. The van der Waals surface area contributed by atoms with Gasteiger partial charge in [-0.1, -0.05) is 48.5 Å². The molecule has 1 heterocycles. The molecule has 1 saturated heterocycles. The van der Waals surface area contributed by atoms with Crippen LogP contribution in [-0.4, -0.2) is 89.8 Å². The largest absolute Gasteiger partial charge is 0.480 e. The van der Waals surface area contributed by atoms with Gasteiger partial charge in [0.05, 0.1) is 6.54 Å². The summed E-state index contributed by atoms with van der Waals surface area (Å²) < 4.78 is 10.8. The monoisotopic (exact) mass is 565 g/mol. The smallest absolute Gasteiger partial charge is 0.407 e. The van der Waals surface area contributed by atoms with Crippen LogP contribution in [0.25, 0.3) is 11.1 Å². The molecule has 1 aliphatic carbocycles. The van der Waals surface area contributed by atoms with E-state index < -0.39 is 23.7 Å². The highest BCUT2D eigenvalue weighted by Gasteiger charge is 2.30. The van der Waals surface area contributed by atoms with Gasteiger partial charge in [-0.15, -0.1) is 0 Å². The van der Waals surface area contributed by atoms with Crippen molar-refractivity contribution in [2.75, 3.05) is 39.3 Å². The first-order valence-electron chi connectivity index (χ1n) is 14.1. The molecule has 4 rings (SSSR count). The highest BCUT2D eigenvalue weighted by atomic mass is 16.6. The van der Waals surface area contributed by atoms with Crippen LogP contribution in [0.2, 0.25) is 0 Å². The zero-order valence-corrected chi connectivity index (χ0v) is 23.9. The van der Waals surface area contributed by atoms with Gasteiger partial charge in [-0.25, -0.2) is 9.59 Å². The highest BCUT2D eigenvalue weighted by Crippen LogP contribution is 2.44. The van der Waals surface area contributed by atoms with Crippen LogP contribution < -0.4 is 5.32 Å². The van der Waals surface area contributed by atoms with Crippen LogP contribution in [0.15, 0.2) is 48.5 Å². The number of alkyl carbamates (subject to hydrolysis) is 1. The summed E-state index contributed by atoms with van der Waals surface area (Å²) in [6.45, 7) is 7.84. The first-order valence-corrected chi connectivity index (χ1v) is 14.1. The summed E-state index contributed by atoms with van der Waals surface area (Å²) in [5.41, 5.74) is 3.81. The van der Waals surface area contributed by atoms with Gasteiger partial charge in [0, 0.05) is 38.5 Å². The van der Waals surface area contributed by atoms with Crippen molar-refractivity contribution in [3.05, 3.63) is 59.7 Å². The molecule has 0 saturated carbocycles. The molecule has 0 spiro atoms. The minimum atomic E-state index is -1.18. The van der Waals surface area contributed by atoms with Gasteiger partial charge in [0.2, 0.25) is 5.91 Å². The fourth-order valence-corrected chi connectivity index (χ4v) is 5.37. The molecule has 2 aliphatic rings. The third kappa shape index (κ3) is 8.07. The van der Waals surface area contributed by atoms with Gasteiger partial charge in [-0.3, -0.25) is 14.5 Å². The summed E-state index contributed by atoms with van der Waals surface area (Å²) in [7, 11) is 0. The number of carboxylic acid groups (broad SMARTS) is 1. The molecule has 2 aromatic carbocycles. The Balaban J connectivity index is 1.19.